The number of carbonyl (C=O) groups excluding carboxylic acids is 2. The van der Waals surface area contributed by atoms with Crippen LogP contribution in [0, 0.1) is 6.92 Å². The van der Waals surface area contributed by atoms with Crippen molar-refractivity contribution in [2.45, 2.75) is 59.0 Å². The van der Waals surface area contributed by atoms with Gasteiger partial charge in [-0.1, -0.05) is 6.42 Å². The van der Waals surface area contributed by atoms with Gasteiger partial charge in [0.25, 0.3) is 11.5 Å². The molecule has 0 unspecified atom stereocenters. The Morgan fingerprint density at radius 3 is 2.69 bits per heavy atom. The number of fused-ring (bicyclic) bond motifs is 2. The molecule has 0 bridgehead atoms. The summed E-state index contributed by atoms with van der Waals surface area (Å²) in [7, 11) is 0. The van der Waals surface area contributed by atoms with E-state index in [2.05, 4.69) is 4.98 Å². The topological polar surface area (TPSA) is 98.3 Å². The van der Waals surface area contributed by atoms with Crippen LogP contribution in [0.5, 0.6) is 0 Å². The molecule has 8 heteroatoms. The largest absolute Gasteiger partial charge is 0.368 e. The third-order valence-electron chi connectivity index (χ3n) is 4.82. The zero-order valence-corrected chi connectivity index (χ0v) is 16.2. The molecule has 0 radical (unpaired) electrons. The molecule has 0 saturated carbocycles. The number of hydrogen-bond donors (Lipinski definition) is 1. The first-order chi connectivity index (χ1) is 12.3. The van der Waals surface area contributed by atoms with E-state index in [-0.39, 0.29) is 24.1 Å². The maximum absolute atomic E-state index is 13.0. The summed E-state index contributed by atoms with van der Waals surface area (Å²) in [6, 6.07) is -0.176. The highest BCUT2D eigenvalue weighted by molar-refractivity contribution is 7.20. The van der Waals surface area contributed by atoms with E-state index in [4.69, 9.17) is 5.73 Å². The van der Waals surface area contributed by atoms with Crippen LogP contribution in [-0.4, -0.2) is 38.9 Å². The summed E-state index contributed by atoms with van der Waals surface area (Å²) in [6.07, 6.45) is 3.86. The molecule has 1 aliphatic rings. The molecule has 0 fully saturated rings. The van der Waals surface area contributed by atoms with Gasteiger partial charge in [-0.3, -0.25) is 19.0 Å². The number of thiophene rings is 1. The van der Waals surface area contributed by atoms with E-state index in [1.165, 1.54) is 16.2 Å². The van der Waals surface area contributed by atoms with Crippen LogP contribution in [0.3, 0.4) is 0 Å². The van der Waals surface area contributed by atoms with Gasteiger partial charge in [-0.25, -0.2) is 4.98 Å². The standard InChI is InChI=1S/C18H24N4O3S/c1-10(2)22(9-12(19)23)18(25)15-11(3)14-16(26-15)20-13-7-5-4-6-8-21(13)17(14)24/h10H,4-9H2,1-3H3,(H2,19,23). The minimum Gasteiger partial charge on any atom is -0.368 e. The van der Waals surface area contributed by atoms with Gasteiger partial charge >= 0.3 is 0 Å². The molecule has 2 aromatic heterocycles. The molecular weight excluding hydrogens is 352 g/mol. The summed E-state index contributed by atoms with van der Waals surface area (Å²) < 4.78 is 1.76. The Bertz CT molecular complexity index is 929. The molecule has 0 aliphatic carbocycles. The zero-order chi connectivity index (χ0) is 19.0. The maximum Gasteiger partial charge on any atom is 0.264 e. The van der Waals surface area contributed by atoms with Crippen molar-refractivity contribution >= 4 is 33.4 Å². The molecule has 0 saturated heterocycles. The Morgan fingerprint density at radius 2 is 2.04 bits per heavy atom. The highest BCUT2D eigenvalue weighted by Crippen LogP contribution is 2.29. The fourth-order valence-corrected chi connectivity index (χ4v) is 4.55. The van der Waals surface area contributed by atoms with Gasteiger partial charge in [0.15, 0.2) is 0 Å². The van der Waals surface area contributed by atoms with Crippen molar-refractivity contribution in [3.05, 3.63) is 26.6 Å². The van der Waals surface area contributed by atoms with Gasteiger partial charge in [-0.15, -0.1) is 11.3 Å². The minimum absolute atomic E-state index is 0.0642. The number of aromatic nitrogens is 2. The van der Waals surface area contributed by atoms with E-state index in [1.54, 1.807) is 11.5 Å². The van der Waals surface area contributed by atoms with E-state index >= 15 is 0 Å². The van der Waals surface area contributed by atoms with Crippen LogP contribution in [0.25, 0.3) is 10.2 Å². The number of rotatable bonds is 4. The monoisotopic (exact) mass is 376 g/mol. The van der Waals surface area contributed by atoms with Gasteiger partial charge in [-0.05, 0) is 39.2 Å². The molecule has 3 rings (SSSR count). The van der Waals surface area contributed by atoms with Crippen molar-refractivity contribution < 1.29 is 9.59 Å². The molecule has 0 spiro atoms. The molecular formula is C18H24N4O3S. The smallest absolute Gasteiger partial charge is 0.264 e. The lowest BCUT2D eigenvalue weighted by molar-refractivity contribution is -0.119. The van der Waals surface area contributed by atoms with Crippen LogP contribution < -0.4 is 11.3 Å². The van der Waals surface area contributed by atoms with E-state index in [1.807, 2.05) is 13.8 Å². The molecule has 26 heavy (non-hydrogen) atoms. The molecule has 3 heterocycles. The van der Waals surface area contributed by atoms with E-state index in [0.29, 0.717) is 27.2 Å². The number of amides is 2. The van der Waals surface area contributed by atoms with Crippen LogP contribution in [0.4, 0.5) is 0 Å². The zero-order valence-electron chi connectivity index (χ0n) is 15.4. The van der Waals surface area contributed by atoms with Crippen LogP contribution >= 0.6 is 11.3 Å². The summed E-state index contributed by atoms with van der Waals surface area (Å²) in [4.78, 5) is 44.5. The van der Waals surface area contributed by atoms with Crippen LogP contribution in [0.15, 0.2) is 4.79 Å². The first kappa shape index (κ1) is 18.6. The SMILES string of the molecule is Cc1c(C(=O)N(CC(N)=O)C(C)C)sc2nc3n(c(=O)c12)CCCCC3. The van der Waals surface area contributed by atoms with Crippen molar-refractivity contribution in [3.63, 3.8) is 0 Å². The Morgan fingerprint density at radius 1 is 1.31 bits per heavy atom. The van der Waals surface area contributed by atoms with Crippen molar-refractivity contribution in [3.8, 4) is 0 Å². The molecule has 2 amide bonds. The van der Waals surface area contributed by atoms with E-state index < -0.39 is 5.91 Å². The molecule has 2 N–H and O–H groups in total. The summed E-state index contributed by atoms with van der Waals surface area (Å²) in [6.45, 7) is 5.97. The predicted molar refractivity (Wildman–Crippen MR) is 102 cm³/mol. The first-order valence-electron chi connectivity index (χ1n) is 8.93. The Hall–Kier alpha value is -2.22. The highest BCUT2D eigenvalue weighted by atomic mass is 32.1. The summed E-state index contributed by atoms with van der Waals surface area (Å²) >= 11 is 1.23. The number of nitrogens with zero attached hydrogens (tertiary/aromatic N) is 3. The average Bonchev–Trinajstić information content (AvgIpc) is 2.75. The van der Waals surface area contributed by atoms with Crippen LogP contribution in [0.1, 0.15) is 54.2 Å². The number of carbonyl (C=O) groups is 2. The predicted octanol–water partition coefficient (Wildman–Crippen LogP) is 1.83. The van der Waals surface area contributed by atoms with Gasteiger partial charge in [0, 0.05) is 19.0 Å². The van der Waals surface area contributed by atoms with Crippen molar-refractivity contribution in [2.75, 3.05) is 6.54 Å². The fraction of sp³-hybridized carbons (Fsp3) is 0.556. The molecule has 1 aliphatic heterocycles. The number of hydrogen-bond acceptors (Lipinski definition) is 5. The lowest BCUT2D eigenvalue weighted by Crippen LogP contribution is -2.42. The molecule has 7 nitrogen and oxygen atoms in total. The third-order valence-corrected chi connectivity index (χ3v) is 5.99. The average molecular weight is 376 g/mol. The first-order valence-corrected chi connectivity index (χ1v) is 9.75. The Kier molecular flexibility index (Phi) is 5.13. The second-order valence-corrected chi connectivity index (χ2v) is 8.02. The molecule has 0 aromatic carbocycles. The van der Waals surface area contributed by atoms with Crippen LogP contribution in [-0.2, 0) is 17.8 Å². The van der Waals surface area contributed by atoms with Gasteiger partial charge < -0.3 is 10.6 Å². The fourth-order valence-electron chi connectivity index (χ4n) is 3.40. The minimum atomic E-state index is -0.560. The number of primary amides is 1. The molecule has 2 aromatic rings. The Balaban J connectivity index is 2.12. The van der Waals surface area contributed by atoms with Crippen molar-refractivity contribution in [1.29, 1.82) is 0 Å². The lowest BCUT2D eigenvalue weighted by atomic mass is 10.1. The lowest BCUT2D eigenvalue weighted by Gasteiger charge is -2.25. The summed E-state index contributed by atoms with van der Waals surface area (Å²) in [5, 5.41) is 0.520. The van der Waals surface area contributed by atoms with Crippen molar-refractivity contribution in [2.24, 2.45) is 5.73 Å². The second-order valence-electron chi connectivity index (χ2n) is 7.02. The van der Waals surface area contributed by atoms with Gasteiger partial charge in [0.1, 0.15) is 10.7 Å². The van der Waals surface area contributed by atoms with Gasteiger partial charge in [0.05, 0.1) is 16.8 Å². The quantitative estimate of drug-likeness (QED) is 0.880. The van der Waals surface area contributed by atoms with Crippen LogP contribution in [0.2, 0.25) is 0 Å². The Labute approximate surface area is 155 Å². The summed E-state index contributed by atoms with van der Waals surface area (Å²) in [5.74, 6) is -0.0345. The van der Waals surface area contributed by atoms with Crippen molar-refractivity contribution in [1.82, 2.24) is 14.5 Å². The van der Waals surface area contributed by atoms with E-state index in [0.717, 1.165) is 31.5 Å². The maximum atomic E-state index is 13.0. The van der Waals surface area contributed by atoms with Gasteiger partial charge in [-0.2, -0.15) is 0 Å². The molecule has 0 atom stereocenters. The van der Waals surface area contributed by atoms with Gasteiger partial charge in [0.2, 0.25) is 5.91 Å². The third kappa shape index (κ3) is 3.25. The number of aryl methyl sites for hydroxylation is 2. The molecule has 140 valence electrons. The summed E-state index contributed by atoms with van der Waals surface area (Å²) in [5.41, 5.74) is 5.86. The number of nitrogens with two attached hydrogens (primary N) is 1. The van der Waals surface area contributed by atoms with E-state index in [9.17, 15) is 14.4 Å². The normalized spacial score (nSPS) is 14.3. The second kappa shape index (κ2) is 7.19. The highest BCUT2D eigenvalue weighted by Gasteiger charge is 2.27.